The Balaban J connectivity index is 2.23. The van der Waals surface area contributed by atoms with Crippen LogP contribution in [0.1, 0.15) is 5.56 Å². The van der Waals surface area contributed by atoms with Gasteiger partial charge in [0.2, 0.25) is 0 Å². The van der Waals surface area contributed by atoms with Crippen molar-refractivity contribution in [2.75, 3.05) is 13.2 Å². The van der Waals surface area contributed by atoms with Gasteiger partial charge in [0.1, 0.15) is 5.75 Å². The molecule has 2 aromatic carbocycles. The number of halogens is 3. The molecule has 0 aliphatic carbocycles. The lowest BCUT2D eigenvalue weighted by molar-refractivity contribution is -0.153. The van der Waals surface area contributed by atoms with E-state index >= 15 is 0 Å². The number of hydrogen-bond acceptors (Lipinski definition) is 2. The lowest BCUT2D eigenvalue weighted by Crippen LogP contribution is -2.19. The van der Waals surface area contributed by atoms with E-state index in [1.165, 1.54) is 6.07 Å². The quantitative estimate of drug-likeness (QED) is 0.857. The van der Waals surface area contributed by atoms with Crippen LogP contribution in [0.2, 0.25) is 0 Å². The molecule has 0 heterocycles. The van der Waals surface area contributed by atoms with E-state index in [1.54, 1.807) is 24.3 Å². The van der Waals surface area contributed by atoms with Gasteiger partial charge in [0.15, 0.2) is 6.61 Å². The van der Waals surface area contributed by atoms with Crippen molar-refractivity contribution < 1.29 is 17.9 Å². The van der Waals surface area contributed by atoms with Crippen molar-refractivity contribution in [3.05, 3.63) is 42.0 Å². The Kier molecular flexibility index (Phi) is 4.16. The molecule has 0 bridgehead atoms. The molecule has 0 saturated carbocycles. The molecule has 0 unspecified atom stereocenters. The first kappa shape index (κ1) is 14.2. The fourth-order valence-corrected chi connectivity index (χ4v) is 1.71. The number of hydrogen-bond donors (Lipinski definition) is 1. The summed E-state index contributed by atoms with van der Waals surface area (Å²) in [7, 11) is 0. The van der Waals surface area contributed by atoms with Crippen LogP contribution in [0.4, 0.5) is 13.2 Å². The van der Waals surface area contributed by atoms with Crippen molar-refractivity contribution in [1.29, 1.82) is 0 Å². The number of rotatable bonds is 2. The summed E-state index contributed by atoms with van der Waals surface area (Å²) in [4.78, 5) is 0. The molecule has 104 valence electrons. The SMILES string of the molecule is NCC#Cc1ccc2cc(OCC(F)(F)F)ccc2c1. The topological polar surface area (TPSA) is 35.2 Å². The van der Waals surface area contributed by atoms with Crippen molar-refractivity contribution >= 4 is 10.8 Å². The molecule has 2 aromatic rings. The van der Waals surface area contributed by atoms with Gasteiger partial charge >= 0.3 is 6.18 Å². The zero-order chi connectivity index (χ0) is 14.6. The van der Waals surface area contributed by atoms with Gasteiger partial charge in [0.25, 0.3) is 0 Å². The molecule has 0 aliphatic heterocycles. The highest BCUT2D eigenvalue weighted by atomic mass is 19.4. The molecule has 0 atom stereocenters. The lowest BCUT2D eigenvalue weighted by Gasteiger charge is -2.09. The Labute approximate surface area is 114 Å². The van der Waals surface area contributed by atoms with Gasteiger partial charge in [-0.05, 0) is 35.0 Å². The summed E-state index contributed by atoms with van der Waals surface area (Å²) in [5.41, 5.74) is 6.11. The highest BCUT2D eigenvalue weighted by molar-refractivity contribution is 5.85. The monoisotopic (exact) mass is 279 g/mol. The number of ether oxygens (including phenoxy) is 1. The van der Waals surface area contributed by atoms with Crippen molar-refractivity contribution in [3.8, 4) is 17.6 Å². The molecular weight excluding hydrogens is 267 g/mol. The minimum Gasteiger partial charge on any atom is -0.484 e. The van der Waals surface area contributed by atoms with E-state index in [0.717, 1.165) is 16.3 Å². The molecular formula is C15H12F3NO. The maximum atomic E-state index is 12.1. The first-order chi connectivity index (χ1) is 9.48. The summed E-state index contributed by atoms with van der Waals surface area (Å²) in [6.07, 6.45) is -4.34. The second-order valence-electron chi connectivity index (χ2n) is 4.13. The maximum Gasteiger partial charge on any atom is 0.422 e. The second-order valence-corrected chi connectivity index (χ2v) is 4.13. The van der Waals surface area contributed by atoms with Crippen LogP contribution < -0.4 is 10.5 Å². The number of fused-ring (bicyclic) bond motifs is 1. The van der Waals surface area contributed by atoms with Crippen LogP contribution in [0.15, 0.2) is 36.4 Å². The zero-order valence-electron chi connectivity index (χ0n) is 10.5. The Morgan fingerprint density at radius 2 is 1.75 bits per heavy atom. The smallest absolute Gasteiger partial charge is 0.422 e. The Bertz CT molecular complexity index is 668. The third-order valence-electron chi connectivity index (χ3n) is 2.55. The third kappa shape index (κ3) is 3.90. The standard InChI is InChI=1S/C15H12F3NO/c16-15(17,18)10-20-14-6-5-12-8-11(2-1-7-19)3-4-13(12)9-14/h3-6,8-9H,7,10,19H2. The van der Waals surface area contributed by atoms with Gasteiger partial charge in [0, 0.05) is 5.56 Å². The van der Waals surface area contributed by atoms with Crippen LogP contribution in [0.25, 0.3) is 10.8 Å². The lowest BCUT2D eigenvalue weighted by atomic mass is 10.1. The molecule has 5 heteroatoms. The van der Waals surface area contributed by atoms with Gasteiger partial charge in [-0.3, -0.25) is 0 Å². The summed E-state index contributed by atoms with van der Waals surface area (Å²) in [6, 6.07) is 10.2. The molecule has 0 amide bonds. The summed E-state index contributed by atoms with van der Waals surface area (Å²) < 4.78 is 40.9. The van der Waals surface area contributed by atoms with Gasteiger partial charge in [0.05, 0.1) is 6.54 Å². The average molecular weight is 279 g/mol. The minimum absolute atomic E-state index is 0.190. The highest BCUT2D eigenvalue weighted by Gasteiger charge is 2.28. The van der Waals surface area contributed by atoms with Gasteiger partial charge < -0.3 is 10.5 Å². The summed E-state index contributed by atoms with van der Waals surface area (Å²) in [6.45, 7) is -1.01. The van der Waals surface area contributed by atoms with E-state index in [4.69, 9.17) is 10.5 Å². The maximum absolute atomic E-state index is 12.1. The predicted molar refractivity (Wildman–Crippen MR) is 71.4 cm³/mol. The third-order valence-corrected chi connectivity index (χ3v) is 2.55. The number of nitrogens with two attached hydrogens (primary N) is 1. The van der Waals surface area contributed by atoms with Gasteiger partial charge in [-0.2, -0.15) is 13.2 Å². The molecule has 0 spiro atoms. The van der Waals surface area contributed by atoms with E-state index in [-0.39, 0.29) is 12.3 Å². The Hall–Kier alpha value is -2.19. The van der Waals surface area contributed by atoms with E-state index in [1.807, 2.05) is 6.07 Å². The van der Waals surface area contributed by atoms with Crippen LogP contribution in [-0.2, 0) is 0 Å². The number of benzene rings is 2. The van der Waals surface area contributed by atoms with E-state index in [9.17, 15) is 13.2 Å². The summed E-state index contributed by atoms with van der Waals surface area (Å²) in [5.74, 6) is 5.84. The fourth-order valence-electron chi connectivity index (χ4n) is 1.71. The zero-order valence-corrected chi connectivity index (χ0v) is 10.5. The van der Waals surface area contributed by atoms with E-state index in [2.05, 4.69) is 11.8 Å². The minimum atomic E-state index is -4.34. The molecule has 0 radical (unpaired) electrons. The normalized spacial score (nSPS) is 11.0. The van der Waals surface area contributed by atoms with Gasteiger partial charge in [-0.1, -0.05) is 24.0 Å². The Morgan fingerprint density at radius 3 is 2.45 bits per heavy atom. The summed E-state index contributed by atoms with van der Waals surface area (Å²) >= 11 is 0. The highest BCUT2D eigenvalue weighted by Crippen LogP contribution is 2.24. The van der Waals surface area contributed by atoms with Crippen molar-refractivity contribution in [3.63, 3.8) is 0 Å². The van der Waals surface area contributed by atoms with Crippen LogP contribution in [0.5, 0.6) is 5.75 Å². The second kappa shape index (κ2) is 5.85. The molecule has 0 saturated heterocycles. The van der Waals surface area contributed by atoms with Gasteiger partial charge in [-0.25, -0.2) is 0 Å². The number of alkyl halides is 3. The first-order valence-corrected chi connectivity index (χ1v) is 5.90. The largest absolute Gasteiger partial charge is 0.484 e. The van der Waals surface area contributed by atoms with Crippen LogP contribution in [0.3, 0.4) is 0 Å². The predicted octanol–water partition coefficient (Wildman–Crippen LogP) is 3.09. The summed E-state index contributed by atoms with van der Waals surface area (Å²) in [5, 5.41) is 1.68. The van der Waals surface area contributed by atoms with E-state index in [0.29, 0.717) is 0 Å². The molecule has 2 rings (SSSR count). The van der Waals surface area contributed by atoms with Crippen molar-refractivity contribution in [1.82, 2.24) is 0 Å². The van der Waals surface area contributed by atoms with Crippen LogP contribution in [-0.4, -0.2) is 19.3 Å². The molecule has 20 heavy (non-hydrogen) atoms. The van der Waals surface area contributed by atoms with Crippen molar-refractivity contribution in [2.45, 2.75) is 6.18 Å². The average Bonchev–Trinajstić information content (AvgIpc) is 2.41. The molecule has 0 aliphatic rings. The van der Waals surface area contributed by atoms with Crippen LogP contribution in [0, 0.1) is 11.8 Å². The fraction of sp³-hybridized carbons (Fsp3) is 0.200. The molecule has 0 aromatic heterocycles. The van der Waals surface area contributed by atoms with Crippen LogP contribution >= 0.6 is 0 Å². The molecule has 0 fully saturated rings. The first-order valence-electron chi connectivity index (χ1n) is 5.90. The van der Waals surface area contributed by atoms with Crippen molar-refractivity contribution in [2.24, 2.45) is 5.73 Å². The molecule has 2 nitrogen and oxygen atoms in total. The van der Waals surface area contributed by atoms with E-state index < -0.39 is 12.8 Å². The van der Waals surface area contributed by atoms with Gasteiger partial charge in [-0.15, -0.1) is 0 Å². The Morgan fingerprint density at radius 1 is 1.05 bits per heavy atom. The molecule has 2 N–H and O–H groups in total.